The Morgan fingerprint density at radius 3 is 2.54 bits per heavy atom. The van der Waals surface area contributed by atoms with Gasteiger partial charge in [-0.15, -0.1) is 0 Å². The Balaban J connectivity index is 2.06. The van der Waals surface area contributed by atoms with Crippen LogP contribution in [-0.2, 0) is 4.74 Å². The molecule has 1 aliphatic heterocycles. The first-order valence-corrected chi connectivity index (χ1v) is 7.68. The molecule has 0 unspecified atom stereocenters. The molecule has 2 heterocycles. The first-order chi connectivity index (χ1) is 12.4. The third-order valence-electron chi connectivity index (χ3n) is 4.11. The lowest BCUT2D eigenvalue weighted by molar-refractivity contribution is -0.277. The second-order valence-electron chi connectivity index (χ2n) is 5.74. The van der Waals surface area contributed by atoms with Crippen molar-refractivity contribution in [3.63, 3.8) is 0 Å². The molecule has 3 rings (SSSR count). The van der Waals surface area contributed by atoms with Crippen LogP contribution in [0, 0.1) is 0 Å². The molecule has 2 aromatic rings. The van der Waals surface area contributed by atoms with Crippen molar-refractivity contribution in [2.24, 2.45) is 0 Å². The van der Waals surface area contributed by atoms with Crippen LogP contribution in [0.25, 0.3) is 11.0 Å². The Hall–Kier alpha value is -2.37. The summed E-state index contributed by atoms with van der Waals surface area (Å²) in [6, 6.07) is 3.99. The first kappa shape index (κ1) is 18.4. The highest BCUT2D eigenvalue weighted by atomic mass is 16.7. The van der Waals surface area contributed by atoms with Crippen LogP contribution in [-0.4, -0.2) is 70.0 Å². The fraction of sp³-hybridized carbons (Fsp3) is 0.438. The van der Waals surface area contributed by atoms with Crippen LogP contribution in [0.2, 0.25) is 0 Å². The molecule has 1 aromatic heterocycles. The van der Waals surface area contributed by atoms with E-state index in [1.807, 2.05) is 0 Å². The van der Waals surface area contributed by atoms with E-state index in [0.717, 1.165) is 6.07 Å². The van der Waals surface area contributed by atoms with Gasteiger partial charge in [-0.3, -0.25) is 0 Å². The van der Waals surface area contributed by atoms with Crippen molar-refractivity contribution in [1.29, 1.82) is 0 Å². The summed E-state index contributed by atoms with van der Waals surface area (Å²) in [5.74, 6) is -0.876. The van der Waals surface area contributed by atoms with Crippen molar-refractivity contribution >= 4 is 11.0 Å². The van der Waals surface area contributed by atoms with Crippen molar-refractivity contribution in [2.75, 3.05) is 13.7 Å². The van der Waals surface area contributed by atoms with Gasteiger partial charge in [0.1, 0.15) is 24.4 Å². The van der Waals surface area contributed by atoms with Crippen molar-refractivity contribution in [1.82, 2.24) is 0 Å². The van der Waals surface area contributed by atoms with E-state index < -0.39 is 48.7 Å². The first-order valence-electron chi connectivity index (χ1n) is 7.68. The van der Waals surface area contributed by atoms with Crippen LogP contribution in [0.3, 0.4) is 0 Å². The molecule has 1 fully saturated rings. The maximum absolute atomic E-state index is 11.5. The fourth-order valence-electron chi connectivity index (χ4n) is 2.69. The number of phenolic OH excluding ortho intramolecular Hbond substituents is 1. The lowest BCUT2D eigenvalue weighted by Crippen LogP contribution is -2.60. The minimum Gasteiger partial charge on any atom is -0.502 e. The van der Waals surface area contributed by atoms with Gasteiger partial charge in [0.15, 0.2) is 11.3 Å². The normalized spacial score (nSPS) is 28.9. The van der Waals surface area contributed by atoms with Gasteiger partial charge in [-0.25, -0.2) is 4.79 Å². The molecule has 5 N–H and O–H groups in total. The second-order valence-corrected chi connectivity index (χ2v) is 5.74. The molecule has 1 saturated heterocycles. The van der Waals surface area contributed by atoms with Gasteiger partial charge in [-0.05, 0) is 12.1 Å². The highest BCUT2D eigenvalue weighted by Gasteiger charge is 2.45. The average molecular weight is 370 g/mol. The molecular formula is C16H18O10. The number of phenols is 1. The minimum absolute atomic E-state index is 0.00550. The molecule has 0 saturated carbocycles. The largest absolute Gasteiger partial charge is 0.502 e. The SMILES string of the molecule is COc1cc2ccc(=O)oc2c(O[C@@H]2O[C@H](CO)[C@H](O)[C@H](O)[C@H]2O)c1O. The van der Waals surface area contributed by atoms with Gasteiger partial charge in [0.2, 0.25) is 17.8 Å². The number of benzene rings is 1. The summed E-state index contributed by atoms with van der Waals surface area (Å²) in [5, 5.41) is 49.6. The van der Waals surface area contributed by atoms with Crippen LogP contribution in [0.15, 0.2) is 27.4 Å². The summed E-state index contributed by atoms with van der Waals surface area (Å²) in [6.45, 7) is -0.648. The third-order valence-corrected chi connectivity index (χ3v) is 4.11. The molecule has 26 heavy (non-hydrogen) atoms. The molecule has 1 aromatic carbocycles. The number of ether oxygens (including phenoxy) is 3. The summed E-state index contributed by atoms with van der Waals surface area (Å²) in [4.78, 5) is 11.5. The molecular weight excluding hydrogens is 352 g/mol. The van der Waals surface area contributed by atoms with E-state index in [2.05, 4.69) is 0 Å². The molecule has 0 radical (unpaired) electrons. The summed E-state index contributed by atoms with van der Waals surface area (Å²) in [6.07, 6.45) is -7.72. The van der Waals surface area contributed by atoms with E-state index in [-0.39, 0.29) is 17.1 Å². The van der Waals surface area contributed by atoms with Gasteiger partial charge < -0.3 is 44.2 Å². The monoisotopic (exact) mass is 370 g/mol. The Kier molecular flexibility index (Phi) is 5.03. The molecule has 10 nitrogen and oxygen atoms in total. The Morgan fingerprint density at radius 1 is 1.15 bits per heavy atom. The number of rotatable bonds is 4. The lowest BCUT2D eigenvalue weighted by atomic mass is 9.99. The standard InChI is InChI=1S/C16H18O10/c1-23-7-4-6-2-3-9(18)25-14(6)15(11(7)20)26-16-13(22)12(21)10(19)8(5-17)24-16/h2-4,8,10,12-13,16-17,19-22H,5H2,1H3/t8-,10+,12+,13-,16+/m1/s1. The van der Waals surface area contributed by atoms with Crippen molar-refractivity contribution < 1.29 is 44.2 Å². The number of methoxy groups -OCH3 is 1. The number of aliphatic hydroxyl groups is 4. The molecule has 5 atom stereocenters. The van der Waals surface area contributed by atoms with Crippen molar-refractivity contribution in [3.8, 4) is 17.2 Å². The third kappa shape index (κ3) is 3.08. The van der Waals surface area contributed by atoms with Gasteiger partial charge in [0.25, 0.3) is 0 Å². The molecule has 142 valence electrons. The summed E-state index contributed by atoms with van der Waals surface area (Å²) in [5.41, 5.74) is -0.839. The fourth-order valence-corrected chi connectivity index (χ4v) is 2.69. The zero-order valence-corrected chi connectivity index (χ0v) is 13.6. The maximum atomic E-state index is 11.5. The summed E-state index contributed by atoms with van der Waals surface area (Å²) >= 11 is 0. The van der Waals surface area contributed by atoms with Crippen LogP contribution in [0.4, 0.5) is 0 Å². The number of hydrogen-bond donors (Lipinski definition) is 5. The van der Waals surface area contributed by atoms with Gasteiger partial charge in [0, 0.05) is 11.5 Å². The van der Waals surface area contributed by atoms with E-state index in [9.17, 15) is 30.3 Å². The highest BCUT2D eigenvalue weighted by Crippen LogP contribution is 2.43. The Labute approximate surface area is 146 Å². The van der Waals surface area contributed by atoms with E-state index in [0.29, 0.717) is 5.39 Å². The van der Waals surface area contributed by atoms with E-state index in [1.165, 1.54) is 19.2 Å². The number of hydrogen-bond acceptors (Lipinski definition) is 10. The predicted octanol–water partition coefficient (Wildman–Crippen LogP) is -1.31. The van der Waals surface area contributed by atoms with Gasteiger partial charge >= 0.3 is 5.63 Å². The molecule has 0 amide bonds. The Morgan fingerprint density at radius 2 is 1.88 bits per heavy atom. The van der Waals surface area contributed by atoms with Crippen LogP contribution < -0.4 is 15.1 Å². The maximum Gasteiger partial charge on any atom is 0.336 e. The molecule has 0 aliphatic carbocycles. The molecule has 0 bridgehead atoms. The minimum atomic E-state index is -1.70. The molecule has 1 aliphatic rings. The number of aromatic hydroxyl groups is 1. The molecule has 0 spiro atoms. The topological polar surface area (TPSA) is 159 Å². The smallest absolute Gasteiger partial charge is 0.336 e. The number of aliphatic hydroxyl groups excluding tert-OH is 4. The van der Waals surface area contributed by atoms with Crippen molar-refractivity contribution in [3.05, 3.63) is 28.6 Å². The summed E-state index contributed by atoms with van der Waals surface area (Å²) < 4.78 is 20.8. The Bertz CT molecular complexity index is 845. The van der Waals surface area contributed by atoms with Crippen LogP contribution in [0.5, 0.6) is 17.2 Å². The van der Waals surface area contributed by atoms with Crippen molar-refractivity contribution in [2.45, 2.75) is 30.7 Å². The predicted molar refractivity (Wildman–Crippen MR) is 85.1 cm³/mol. The van der Waals surface area contributed by atoms with Crippen LogP contribution >= 0.6 is 0 Å². The van der Waals surface area contributed by atoms with E-state index >= 15 is 0 Å². The highest BCUT2D eigenvalue weighted by molar-refractivity contribution is 5.87. The van der Waals surface area contributed by atoms with E-state index in [1.54, 1.807) is 0 Å². The molecule has 10 heteroatoms. The quantitative estimate of drug-likeness (QED) is 0.409. The van der Waals surface area contributed by atoms with Gasteiger partial charge in [-0.2, -0.15) is 0 Å². The van der Waals surface area contributed by atoms with Gasteiger partial charge in [-0.1, -0.05) is 0 Å². The average Bonchev–Trinajstić information content (AvgIpc) is 2.64. The summed E-state index contributed by atoms with van der Waals surface area (Å²) in [7, 11) is 1.30. The number of fused-ring (bicyclic) bond motifs is 1. The second kappa shape index (κ2) is 7.09. The zero-order valence-electron chi connectivity index (χ0n) is 13.6. The van der Waals surface area contributed by atoms with E-state index in [4.69, 9.17) is 18.6 Å². The van der Waals surface area contributed by atoms with Crippen LogP contribution in [0.1, 0.15) is 0 Å². The lowest BCUT2D eigenvalue weighted by Gasteiger charge is -2.39. The zero-order chi connectivity index (χ0) is 19.0. The van der Waals surface area contributed by atoms with Gasteiger partial charge in [0.05, 0.1) is 13.7 Å².